The van der Waals surface area contributed by atoms with Crippen LogP contribution in [-0.2, 0) is 4.74 Å². The third kappa shape index (κ3) is 3.64. The Labute approximate surface area is 171 Å². The van der Waals surface area contributed by atoms with E-state index in [0.717, 1.165) is 0 Å². The average molecular weight is 413 g/mol. The molecule has 0 spiro atoms. The quantitative estimate of drug-likeness (QED) is 0.485. The third-order valence-corrected chi connectivity index (χ3v) is 4.36. The van der Waals surface area contributed by atoms with Crippen molar-refractivity contribution in [3.8, 4) is 17.2 Å². The van der Waals surface area contributed by atoms with Crippen molar-refractivity contribution in [3.05, 3.63) is 57.9 Å². The number of ether oxygens (including phenoxy) is 4. The van der Waals surface area contributed by atoms with E-state index in [2.05, 4.69) is 5.32 Å². The molecule has 1 heterocycles. The average Bonchev–Trinajstić information content (AvgIpc) is 2.77. The van der Waals surface area contributed by atoms with Crippen LogP contribution in [0.25, 0.3) is 11.0 Å². The molecule has 3 rings (SSSR count). The van der Waals surface area contributed by atoms with Gasteiger partial charge in [0, 0.05) is 11.5 Å². The Bertz CT molecular complexity index is 1180. The van der Waals surface area contributed by atoms with E-state index in [4.69, 9.17) is 23.4 Å². The summed E-state index contributed by atoms with van der Waals surface area (Å²) in [6, 6.07) is 9.52. The molecule has 0 aliphatic carbocycles. The summed E-state index contributed by atoms with van der Waals surface area (Å²) in [7, 11) is 5.28. The van der Waals surface area contributed by atoms with E-state index in [1.54, 1.807) is 24.3 Å². The lowest BCUT2D eigenvalue weighted by atomic mass is 10.1. The lowest BCUT2D eigenvalue weighted by Crippen LogP contribution is -2.22. The largest absolute Gasteiger partial charge is 0.493 e. The molecule has 0 aliphatic rings. The molecule has 9 heteroatoms. The van der Waals surface area contributed by atoms with Crippen molar-refractivity contribution in [2.24, 2.45) is 0 Å². The topological polar surface area (TPSA) is 113 Å². The molecule has 0 unspecified atom stereocenters. The van der Waals surface area contributed by atoms with Crippen molar-refractivity contribution in [2.75, 3.05) is 33.8 Å². The zero-order chi connectivity index (χ0) is 21.8. The van der Waals surface area contributed by atoms with Crippen LogP contribution < -0.4 is 25.2 Å². The van der Waals surface area contributed by atoms with E-state index in [0.29, 0.717) is 11.0 Å². The number of rotatable bonds is 6. The molecule has 0 saturated heterocycles. The molecular weight excluding hydrogens is 394 g/mol. The normalized spacial score (nSPS) is 10.4. The standard InChI is InChI=1S/C21H19NO8/c1-26-15-10-12(20(24)29-4)16(18(28-3)17(15)27-2)22-19(23)13-9-11-7-5-6-8-14(11)30-21(13)25/h5-10H,1-4H3,(H,22,23). The minimum Gasteiger partial charge on any atom is -0.493 e. The van der Waals surface area contributed by atoms with E-state index >= 15 is 0 Å². The maximum absolute atomic E-state index is 12.9. The van der Waals surface area contributed by atoms with Gasteiger partial charge in [-0.05, 0) is 12.1 Å². The fourth-order valence-electron chi connectivity index (χ4n) is 2.95. The number of amides is 1. The Hall–Kier alpha value is -4.01. The number of fused-ring (bicyclic) bond motifs is 1. The van der Waals surface area contributed by atoms with Gasteiger partial charge in [0.05, 0.1) is 34.0 Å². The second-order valence-corrected chi connectivity index (χ2v) is 6.00. The van der Waals surface area contributed by atoms with Gasteiger partial charge in [-0.3, -0.25) is 4.79 Å². The SMILES string of the molecule is COC(=O)c1cc(OC)c(OC)c(OC)c1NC(=O)c1cc2ccccc2oc1=O. The molecule has 9 nitrogen and oxygen atoms in total. The lowest BCUT2D eigenvalue weighted by Gasteiger charge is -2.19. The first-order valence-corrected chi connectivity index (χ1v) is 8.70. The second kappa shape index (κ2) is 8.56. The number of carbonyl (C=O) groups is 2. The van der Waals surface area contributed by atoms with Crippen LogP contribution in [0.3, 0.4) is 0 Å². The van der Waals surface area contributed by atoms with Gasteiger partial charge in [-0.2, -0.15) is 0 Å². The van der Waals surface area contributed by atoms with Crippen LogP contribution in [0.5, 0.6) is 17.2 Å². The highest BCUT2D eigenvalue weighted by Crippen LogP contribution is 2.45. The Morgan fingerprint density at radius 2 is 1.60 bits per heavy atom. The zero-order valence-corrected chi connectivity index (χ0v) is 16.7. The molecule has 156 valence electrons. The number of hydrogen-bond acceptors (Lipinski definition) is 8. The van der Waals surface area contributed by atoms with Crippen LogP contribution in [0.4, 0.5) is 5.69 Å². The van der Waals surface area contributed by atoms with E-state index < -0.39 is 17.5 Å². The van der Waals surface area contributed by atoms with Crippen molar-refractivity contribution < 1.29 is 33.0 Å². The van der Waals surface area contributed by atoms with Crippen molar-refractivity contribution >= 4 is 28.5 Å². The number of anilines is 1. The van der Waals surface area contributed by atoms with Gasteiger partial charge in [0.25, 0.3) is 5.91 Å². The number of hydrogen-bond donors (Lipinski definition) is 1. The highest BCUT2D eigenvalue weighted by Gasteiger charge is 2.27. The maximum atomic E-state index is 12.9. The van der Waals surface area contributed by atoms with Gasteiger partial charge in [-0.25, -0.2) is 9.59 Å². The summed E-state index contributed by atoms with van der Waals surface area (Å²) in [6.07, 6.45) is 0. The van der Waals surface area contributed by atoms with E-state index in [9.17, 15) is 14.4 Å². The van der Waals surface area contributed by atoms with Crippen LogP contribution in [0, 0.1) is 0 Å². The van der Waals surface area contributed by atoms with Gasteiger partial charge < -0.3 is 28.7 Å². The summed E-state index contributed by atoms with van der Waals surface area (Å²) in [5.41, 5.74) is -0.824. The third-order valence-electron chi connectivity index (χ3n) is 4.36. The molecule has 1 amide bonds. The Kier molecular flexibility index (Phi) is 5.91. The summed E-state index contributed by atoms with van der Waals surface area (Å²) < 4.78 is 25.9. The Morgan fingerprint density at radius 3 is 2.23 bits per heavy atom. The number of carbonyl (C=O) groups excluding carboxylic acids is 2. The molecular formula is C21H19NO8. The summed E-state index contributed by atoms with van der Waals surface area (Å²) in [5, 5.41) is 3.10. The van der Waals surface area contributed by atoms with Crippen molar-refractivity contribution in [1.82, 2.24) is 0 Å². The highest BCUT2D eigenvalue weighted by atomic mass is 16.5. The van der Waals surface area contributed by atoms with E-state index in [-0.39, 0.29) is 34.1 Å². The fourth-order valence-corrected chi connectivity index (χ4v) is 2.95. The fraction of sp³-hybridized carbons (Fsp3) is 0.190. The van der Waals surface area contributed by atoms with Crippen molar-refractivity contribution in [2.45, 2.75) is 0 Å². The van der Waals surface area contributed by atoms with Gasteiger partial charge in [-0.15, -0.1) is 0 Å². The van der Waals surface area contributed by atoms with Gasteiger partial charge in [-0.1, -0.05) is 18.2 Å². The molecule has 1 N–H and O–H groups in total. The smallest absolute Gasteiger partial charge is 0.349 e. The number of methoxy groups -OCH3 is 4. The number of benzene rings is 2. The first kappa shape index (κ1) is 20.7. The number of nitrogens with one attached hydrogen (secondary N) is 1. The molecule has 1 aromatic heterocycles. The highest BCUT2D eigenvalue weighted by molar-refractivity contribution is 6.10. The molecule has 0 aliphatic heterocycles. The summed E-state index contributed by atoms with van der Waals surface area (Å²) >= 11 is 0. The van der Waals surface area contributed by atoms with Gasteiger partial charge in [0.2, 0.25) is 5.75 Å². The molecule has 0 atom stereocenters. The second-order valence-electron chi connectivity index (χ2n) is 6.00. The Balaban J connectivity index is 2.15. The van der Waals surface area contributed by atoms with Gasteiger partial charge >= 0.3 is 11.6 Å². The molecule has 3 aromatic rings. The first-order chi connectivity index (χ1) is 14.4. The summed E-state index contributed by atoms with van der Waals surface area (Å²) in [5.74, 6) is -1.19. The predicted octanol–water partition coefficient (Wildman–Crippen LogP) is 2.86. The van der Waals surface area contributed by atoms with Crippen LogP contribution >= 0.6 is 0 Å². The van der Waals surface area contributed by atoms with E-state index in [1.165, 1.54) is 40.6 Å². The minimum absolute atomic E-state index is 0.0239. The van der Waals surface area contributed by atoms with E-state index in [1.807, 2.05) is 0 Å². The van der Waals surface area contributed by atoms with Crippen LogP contribution in [-0.4, -0.2) is 40.3 Å². The molecule has 0 radical (unpaired) electrons. The van der Waals surface area contributed by atoms with Crippen LogP contribution in [0.2, 0.25) is 0 Å². The number of esters is 1. The molecule has 30 heavy (non-hydrogen) atoms. The predicted molar refractivity (Wildman–Crippen MR) is 108 cm³/mol. The maximum Gasteiger partial charge on any atom is 0.349 e. The van der Waals surface area contributed by atoms with Crippen molar-refractivity contribution in [1.29, 1.82) is 0 Å². The number of para-hydroxylation sites is 1. The van der Waals surface area contributed by atoms with Crippen LogP contribution in [0.15, 0.2) is 45.6 Å². The zero-order valence-electron chi connectivity index (χ0n) is 16.7. The molecule has 2 aromatic carbocycles. The van der Waals surface area contributed by atoms with Crippen molar-refractivity contribution in [3.63, 3.8) is 0 Å². The molecule has 0 bridgehead atoms. The molecule has 0 saturated carbocycles. The summed E-state index contributed by atoms with van der Waals surface area (Å²) in [6.45, 7) is 0. The summed E-state index contributed by atoms with van der Waals surface area (Å²) in [4.78, 5) is 37.6. The monoisotopic (exact) mass is 413 g/mol. The van der Waals surface area contributed by atoms with Crippen LogP contribution in [0.1, 0.15) is 20.7 Å². The Morgan fingerprint density at radius 1 is 0.900 bits per heavy atom. The van der Waals surface area contributed by atoms with Gasteiger partial charge in [0.1, 0.15) is 16.8 Å². The van der Waals surface area contributed by atoms with Gasteiger partial charge in [0.15, 0.2) is 11.5 Å². The minimum atomic E-state index is -0.828. The first-order valence-electron chi connectivity index (χ1n) is 8.70. The molecule has 0 fully saturated rings. The lowest BCUT2D eigenvalue weighted by molar-refractivity contribution is 0.0601.